The van der Waals surface area contributed by atoms with E-state index in [1.165, 1.54) is 18.4 Å². The van der Waals surface area contributed by atoms with E-state index in [9.17, 15) is 4.79 Å². The summed E-state index contributed by atoms with van der Waals surface area (Å²) in [6.45, 7) is 0.223. The zero-order valence-electron chi connectivity index (χ0n) is 15.3. The molecule has 27 heavy (non-hydrogen) atoms. The monoisotopic (exact) mass is 360 g/mol. The predicted octanol–water partition coefficient (Wildman–Crippen LogP) is 4.72. The lowest BCUT2D eigenvalue weighted by Gasteiger charge is -2.15. The SMILES string of the molecule is O=C(CNc1ccc(-c2ccccc2)cc1)Nc1ccnn1C1CCCC1. The van der Waals surface area contributed by atoms with Crippen LogP contribution in [0.1, 0.15) is 31.7 Å². The maximum atomic E-state index is 12.3. The molecule has 1 fully saturated rings. The Morgan fingerprint density at radius 1 is 0.963 bits per heavy atom. The number of carbonyl (C=O) groups excluding carboxylic acids is 1. The first kappa shape index (κ1) is 17.3. The van der Waals surface area contributed by atoms with E-state index >= 15 is 0 Å². The third kappa shape index (κ3) is 4.19. The number of nitrogens with one attached hydrogen (secondary N) is 2. The lowest BCUT2D eigenvalue weighted by Crippen LogP contribution is -2.24. The molecule has 5 heteroatoms. The summed E-state index contributed by atoms with van der Waals surface area (Å²) in [4.78, 5) is 12.3. The van der Waals surface area contributed by atoms with Crippen molar-refractivity contribution in [2.45, 2.75) is 31.7 Å². The van der Waals surface area contributed by atoms with Gasteiger partial charge in [-0.3, -0.25) is 4.79 Å². The van der Waals surface area contributed by atoms with Crippen molar-refractivity contribution >= 4 is 17.4 Å². The minimum atomic E-state index is -0.0677. The highest BCUT2D eigenvalue weighted by Crippen LogP contribution is 2.31. The van der Waals surface area contributed by atoms with Crippen molar-refractivity contribution in [1.82, 2.24) is 9.78 Å². The number of amides is 1. The summed E-state index contributed by atoms with van der Waals surface area (Å²) in [6, 6.07) is 20.6. The third-order valence-corrected chi connectivity index (χ3v) is 5.05. The summed E-state index contributed by atoms with van der Waals surface area (Å²) < 4.78 is 1.96. The number of rotatable bonds is 6. The Balaban J connectivity index is 1.33. The van der Waals surface area contributed by atoms with Crippen LogP contribution in [0.15, 0.2) is 66.9 Å². The van der Waals surface area contributed by atoms with Crippen molar-refractivity contribution in [3.05, 3.63) is 66.9 Å². The molecule has 0 unspecified atom stereocenters. The highest BCUT2D eigenvalue weighted by atomic mass is 16.2. The fourth-order valence-corrected chi connectivity index (χ4v) is 3.63. The largest absolute Gasteiger partial charge is 0.376 e. The molecule has 0 spiro atoms. The number of hydrogen-bond acceptors (Lipinski definition) is 3. The third-order valence-electron chi connectivity index (χ3n) is 5.05. The predicted molar refractivity (Wildman–Crippen MR) is 109 cm³/mol. The van der Waals surface area contributed by atoms with Gasteiger partial charge in [0, 0.05) is 11.8 Å². The molecular weight excluding hydrogens is 336 g/mol. The van der Waals surface area contributed by atoms with E-state index in [1.807, 2.05) is 41.1 Å². The van der Waals surface area contributed by atoms with Crippen molar-refractivity contribution in [1.29, 1.82) is 0 Å². The summed E-state index contributed by atoms with van der Waals surface area (Å²) in [5.41, 5.74) is 3.27. The van der Waals surface area contributed by atoms with Crippen molar-refractivity contribution < 1.29 is 4.79 Å². The second-order valence-corrected chi connectivity index (χ2v) is 6.94. The Kier molecular flexibility index (Phi) is 5.19. The zero-order valence-corrected chi connectivity index (χ0v) is 15.3. The molecule has 2 aromatic carbocycles. The van der Waals surface area contributed by atoms with Gasteiger partial charge in [0.05, 0.1) is 18.8 Å². The molecule has 4 rings (SSSR count). The average molecular weight is 360 g/mol. The number of benzene rings is 2. The molecule has 5 nitrogen and oxygen atoms in total. The highest BCUT2D eigenvalue weighted by Gasteiger charge is 2.20. The first-order valence-corrected chi connectivity index (χ1v) is 9.52. The van der Waals surface area contributed by atoms with E-state index in [1.54, 1.807) is 6.20 Å². The number of carbonyl (C=O) groups is 1. The fraction of sp³-hybridized carbons (Fsp3) is 0.273. The van der Waals surface area contributed by atoms with Gasteiger partial charge in [-0.25, -0.2) is 4.68 Å². The highest BCUT2D eigenvalue weighted by molar-refractivity contribution is 5.93. The van der Waals surface area contributed by atoms with Crippen LogP contribution in [0.2, 0.25) is 0 Å². The molecule has 1 aliphatic rings. The van der Waals surface area contributed by atoms with E-state index in [0.29, 0.717) is 6.04 Å². The van der Waals surface area contributed by atoms with Crippen LogP contribution in [0, 0.1) is 0 Å². The summed E-state index contributed by atoms with van der Waals surface area (Å²) >= 11 is 0. The van der Waals surface area contributed by atoms with Crippen molar-refractivity contribution in [3.8, 4) is 11.1 Å². The van der Waals surface area contributed by atoms with Crippen LogP contribution < -0.4 is 10.6 Å². The van der Waals surface area contributed by atoms with Gasteiger partial charge in [0.25, 0.3) is 0 Å². The van der Waals surface area contributed by atoms with Gasteiger partial charge in [0.2, 0.25) is 5.91 Å². The van der Waals surface area contributed by atoms with E-state index in [4.69, 9.17) is 0 Å². The molecule has 3 aromatic rings. The van der Waals surface area contributed by atoms with Crippen molar-refractivity contribution in [3.63, 3.8) is 0 Å². The molecule has 1 saturated carbocycles. The van der Waals surface area contributed by atoms with Gasteiger partial charge in [0.15, 0.2) is 0 Å². The van der Waals surface area contributed by atoms with Crippen LogP contribution in [-0.4, -0.2) is 22.2 Å². The molecule has 0 atom stereocenters. The van der Waals surface area contributed by atoms with Crippen molar-refractivity contribution in [2.75, 3.05) is 17.2 Å². The van der Waals surface area contributed by atoms with Crippen LogP contribution in [0.5, 0.6) is 0 Å². The second kappa shape index (κ2) is 8.08. The zero-order chi connectivity index (χ0) is 18.5. The van der Waals surface area contributed by atoms with E-state index in [0.717, 1.165) is 29.9 Å². The normalized spacial score (nSPS) is 14.2. The molecule has 1 amide bonds. The Morgan fingerprint density at radius 2 is 1.67 bits per heavy atom. The Morgan fingerprint density at radius 3 is 2.41 bits per heavy atom. The molecule has 1 aromatic heterocycles. The quantitative estimate of drug-likeness (QED) is 0.669. The van der Waals surface area contributed by atoms with Gasteiger partial charge in [-0.05, 0) is 36.1 Å². The minimum Gasteiger partial charge on any atom is -0.376 e. The Bertz CT molecular complexity index is 880. The lowest BCUT2D eigenvalue weighted by molar-refractivity contribution is -0.114. The van der Waals surface area contributed by atoms with E-state index < -0.39 is 0 Å². The number of hydrogen-bond donors (Lipinski definition) is 2. The van der Waals surface area contributed by atoms with E-state index in [-0.39, 0.29) is 12.5 Å². The molecule has 2 N–H and O–H groups in total. The van der Waals surface area contributed by atoms with Gasteiger partial charge in [0.1, 0.15) is 5.82 Å². The standard InChI is InChI=1S/C22H24N4O/c27-22(25-21-14-15-24-26(21)20-8-4-5-9-20)16-23-19-12-10-18(11-13-19)17-6-2-1-3-7-17/h1-3,6-7,10-15,20,23H,4-5,8-9,16H2,(H,25,27). The topological polar surface area (TPSA) is 59.0 Å². The number of aromatic nitrogens is 2. The molecular formula is C22H24N4O. The smallest absolute Gasteiger partial charge is 0.244 e. The van der Waals surface area contributed by atoms with Crippen LogP contribution in [0.25, 0.3) is 11.1 Å². The average Bonchev–Trinajstić information content (AvgIpc) is 3.39. The Hall–Kier alpha value is -3.08. The van der Waals surface area contributed by atoms with Gasteiger partial charge in [-0.2, -0.15) is 5.10 Å². The lowest BCUT2D eigenvalue weighted by atomic mass is 10.1. The van der Waals surface area contributed by atoms with Gasteiger partial charge >= 0.3 is 0 Å². The van der Waals surface area contributed by atoms with Crippen LogP contribution in [-0.2, 0) is 4.79 Å². The summed E-state index contributed by atoms with van der Waals surface area (Å²) in [5, 5.41) is 10.5. The van der Waals surface area contributed by atoms with Crippen molar-refractivity contribution in [2.24, 2.45) is 0 Å². The van der Waals surface area contributed by atoms with Gasteiger partial charge < -0.3 is 10.6 Å². The maximum absolute atomic E-state index is 12.3. The van der Waals surface area contributed by atoms with Gasteiger partial charge in [-0.1, -0.05) is 55.3 Å². The molecule has 0 aliphatic heterocycles. The molecule has 1 aliphatic carbocycles. The first-order valence-electron chi connectivity index (χ1n) is 9.52. The van der Waals surface area contributed by atoms with Crippen LogP contribution in [0.4, 0.5) is 11.5 Å². The minimum absolute atomic E-state index is 0.0677. The molecule has 0 radical (unpaired) electrons. The number of anilines is 2. The fourth-order valence-electron chi connectivity index (χ4n) is 3.63. The van der Waals surface area contributed by atoms with Crippen LogP contribution >= 0.6 is 0 Å². The molecule has 138 valence electrons. The second-order valence-electron chi connectivity index (χ2n) is 6.94. The maximum Gasteiger partial charge on any atom is 0.244 e. The number of nitrogens with zero attached hydrogens (tertiary/aromatic N) is 2. The summed E-state index contributed by atoms with van der Waals surface area (Å²) in [5.74, 6) is 0.718. The summed E-state index contributed by atoms with van der Waals surface area (Å²) in [6.07, 6.45) is 6.49. The van der Waals surface area contributed by atoms with Crippen LogP contribution in [0.3, 0.4) is 0 Å². The first-order chi connectivity index (χ1) is 13.3. The molecule has 1 heterocycles. The Labute approximate surface area is 159 Å². The van der Waals surface area contributed by atoms with Gasteiger partial charge in [-0.15, -0.1) is 0 Å². The van der Waals surface area contributed by atoms with E-state index in [2.05, 4.69) is 40.0 Å². The summed E-state index contributed by atoms with van der Waals surface area (Å²) in [7, 11) is 0. The molecule has 0 bridgehead atoms. The molecule has 0 saturated heterocycles.